The molecule has 6 heteroatoms. The standard InChI is InChI=1S/C15H17N3O3/c1-21-15-13(3-2-8-17-15)18-14(20)12(16)9-10-4-6-11(19)7-5-10/h2-8,12,19H,9,16H2,1H3,(H,18,20)/t12-/m1/s1. The average Bonchev–Trinajstić information content (AvgIpc) is 2.50. The van der Waals surface area contributed by atoms with Gasteiger partial charge in [0.1, 0.15) is 11.4 Å². The Morgan fingerprint density at radius 2 is 2.10 bits per heavy atom. The first-order valence-electron chi connectivity index (χ1n) is 6.43. The number of carbonyl (C=O) groups excluding carboxylic acids is 1. The molecular formula is C15H17N3O3. The molecule has 110 valence electrons. The Labute approximate surface area is 122 Å². The number of nitrogens with two attached hydrogens (primary N) is 1. The molecule has 0 spiro atoms. The lowest BCUT2D eigenvalue weighted by molar-refractivity contribution is -0.117. The second-order valence-corrected chi connectivity index (χ2v) is 4.53. The zero-order valence-corrected chi connectivity index (χ0v) is 11.6. The fourth-order valence-electron chi connectivity index (χ4n) is 1.85. The predicted molar refractivity (Wildman–Crippen MR) is 79.2 cm³/mol. The van der Waals surface area contributed by atoms with Crippen LogP contribution in [0.5, 0.6) is 11.6 Å². The number of carbonyl (C=O) groups is 1. The van der Waals surface area contributed by atoms with Gasteiger partial charge in [-0.15, -0.1) is 0 Å². The monoisotopic (exact) mass is 287 g/mol. The van der Waals surface area contributed by atoms with Gasteiger partial charge < -0.3 is 20.9 Å². The number of nitrogens with zero attached hydrogens (tertiary/aromatic N) is 1. The van der Waals surface area contributed by atoms with Gasteiger partial charge >= 0.3 is 0 Å². The van der Waals surface area contributed by atoms with Gasteiger partial charge in [-0.3, -0.25) is 4.79 Å². The number of aromatic nitrogens is 1. The molecule has 0 aliphatic rings. The number of phenols is 1. The SMILES string of the molecule is COc1ncccc1NC(=O)[C@H](N)Cc1ccc(O)cc1. The van der Waals surface area contributed by atoms with Gasteiger partial charge in [0.05, 0.1) is 13.2 Å². The first-order valence-corrected chi connectivity index (χ1v) is 6.43. The molecule has 1 atom stereocenters. The molecule has 6 nitrogen and oxygen atoms in total. The van der Waals surface area contributed by atoms with E-state index in [9.17, 15) is 9.90 Å². The summed E-state index contributed by atoms with van der Waals surface area (Å²) in [6, 6.07) is 9.26. The molecule has 4 N–H and O–H groups in total. The Morgan fingerprint density at radius 3 is 2.76 bits per heavy atom. The lowest BCUT2D eigenvalue weighted by Gasteiger charge is -2.13. The van der Waals surface area contributed by atoms with Gasteiger partial charge in [-0.05, 0) is 36.2 Å². The van der Waals surface area contributed by atoms with E-state index < -0.39 is 6.04 Å². The molecule has 0 aliphatic carbocycles. The van der Waals surface area contributed by atoms with Crippen LogP contribution in [0.15, 0.2) is 42.6 Å². The number of pyridine rings is 1. The van der Waals surface area contributed by atoms with Crippen molar-refractivity contribution in [1.82, 2.24) is 4.98 Å². The highest BCUT2D eigenvalue weighted by Crippen LogP contribution is 2.20. The third-order valence-electron chi connectivity index (χ3n) is 2.95. The van der Waals surface area contributed by atoms with Crippen LogP contribution >= 0.6 is 0 Å². The molecule has 1 amide bonds. The number of hydrogen-bond acceptors (Lipinski definition) is 5. The van der Waals surface area contributed by atoms with Crippen molar-refractivity contribution in [3.63, 3.8) is 0 Å². The number of ether oxygens (including phenoxy) is 1. The first-order chi connectivity index (χ1) is 10.1. The molecule has 0 saturated heterocycles. The lowest BCUT2D eigenvalue weighted by Crippen LogP contribution is -2.37. The zero-order chi connectivity index (χ0) is 15.2. The van der Waals surface area contributed by atoms with Gasteiger partial charge in [0.2, 0.25) is 11.8 Å². The maximum absolute atomic E-state index is 12.1. The predicted octanol–water partition coefficient (Wildman–Crippen LogP) is 1.30. The number of hydrogen-bond donors (Lipinski definition) is 3. The van der Waals surface area contributed by atoms with E-state index in [2.05, 4.69) is 10.3 Å². The minimum atomic E-state index is -0.709. The van der Waals surface area contributed by atoms with Crippen LogP contribution in [0.1, 0.15) is 5.56 Å². The fraction of sp³-hybridized carbons (Fsp3) is 0.200. The van der Waals surface area contributed by atoms with Crippen molar-refractivity contribution < 1.29 is 14.6 Å². The van der Waals surface area contributed by atoms with E-state index in [4.69, 9.17) is 10.5 Å². The highest BCUT2D eigenvalue weighted by atomic mass is 16.5. The Hall–Kier alpha value is -2.60. The highest BCUT2D eigenvalue weighted by Gasteiger charge is 2.16. The summed E-state index contributed by atoms with van der Waals surface area (Å²) in [6.45, 7) is 0. The molecule has 1 aromatic carbocycles. The molecule has 1 aromatic heterocycles. The van der Waals surface area contributed by atoms with Crippen LogP contribution in [0.25, 0.3) is 0 Å². The normalized spacial score (nSPS) is 11.7. The maximum atomic E-state index is 12.1. The Bertz CT molecular complexity index is 614. The van der Waals surface area contributed by atoms with Crippen LogP contribution in [0.4, 0.5) is 5.69 Å². The van der Waals surface area contributed by atoms with Crippen LogP contribution in [0.3, 0.4) is 0 Å². The number of rotatable bonds is 5. The zero-order valence-electron chi connectivity index (χ0n) is 11.6. The summed E-state index contributed by atoms with van der Waals surface area (Å²) in [5, 5.41) is 11.9. The van der Waals surface area contributed by atoms with E-state index in [0.29, 0.717) is 18.0 Å². The number of methoxy groups -OCH3 is 1. The number of amides is 1. The van der Waals surface area contributed by atoms with Crippen molar-refractivity contribution in [3.05, 3.63) is 48.2 Å². The van der Waals surface area contributed by atoms with Crippen LogP contribution < -0.4 is 15.8 Å². The molecule has 21 heavy (non-hydrogen) atoms. The van der Waals surface area contributed by atoms with E-state index in [0.717, 1.165) is 5.56 Å². The van der Waals surface area contributed by atoms with E-state index in [-0.39, 0.29) is 11.7 Å². The van der Waals surface area contributed by atoms with Gasteiger partial charge in [0.15, 0.2) is 0 Å². The number of benzene rings is 1. The number of aromatic hydroxyl groups is 1. The molecule has 0 saturated carbocycles. The molecule has 0 bridgehead atoms. The average molecular weight is 287 g/mol. The second kappa shape index (κ2) is 6.71. The Balaban J connectivity index is 2.01. The topological polar surface area (TPSA) is 97.5 Å². The minimum absolute atomic E-state index is 0.178. The first kappa shape index (κ1) is 14.8. The molecule has 0 unspecified atom stereocenters. The van der Waals surface area contributed by atoms with Crippen molar-refractivity contribution in [1.29, 1.82) is 0 Å². The summed E-state index contributed by atoms with van der Waals surface area (Å²) < 4.78 is 5.06. The molecule has 0 fully saturated rings. The van der Waals surface area contributed by atoms with Crippen LogP contribution in [0, 0.1) is 0 Å². The van der Waals surface area contributed by atoms with E-state index in [1.807, 2.05) is 0 Å². The quantitative estimate of drug-likeness (QED) is 0.770. The third kappa shape index (κ3) is 3.93. The summed E-state index contributed by atoms with van der Waals surface area (Å²) in [5.41, 5.74) is 7.24. The van der Waals surface area contributed by atoms with Crippen LogP contribution in [0.2, 0.25) is 0 Å². The largest absolute Gasteiger partial charge is 0.508 e. The molecule has 1 heterocycles. The summed E-state index contributed by atoms with van der Waals surface area (Å²) in [4.78, 5) is 16.1. The van der Waals surface area contributed by atoms with Gasteiger partial charge in [-0.25, -0.2) is 4.98 Å². The Kier molecular flexibility index (Phi) is 4.73. The van der Waals surface area contributed by atoms with Gasteiger partial charge in [-0.1, -0.05) is 12.1 Å². The number of phenolic OH excluding ortho intramolecular Hbond substituents is 1. The highest BCUT2D eigenvalue weighted by molar-refractivity contribution is 5.95. The minimum Gasteiger partial charge on any atom is -0.508 e. The summed E-state index contributed by atoms with van der Waals surface area (Å²) >= 11 is 0. The smallest absolute Gasteiger partial charge is 0.241 e. The molecule has 0 radical (unpaired) electrons. The van der Waals surface area contributed by atoms with Crippen molar-refractivity contribution in [2.45, 2.75) is 12.5 Å². The van der Waals surface area contributed by atoms with Crippen LogP contribution in [-0.4, -0.2) is 29.1 Å². The summed E-state index contributed by atoms with van der Waals surface area (Å²) in [7, 11) is 1.48. The van der Waals surface area contributed by atoms with E-state index in [1.54, 1.807) is 42.6 Å². The second-order valence-electron chi connectivity index (χ2n) is 4.53. The van der Waals surface area contributed by atoms with E-state index in [1.165, 1.54) is 7.11 Å². The van der Waals surface area contributed by atoms with Crippen molar-refractivity contribution >= 4 is 11.6 Å². The van der Waals surface area contributed by atoms with E-state index >= 15 is 0 Å². The van der Waals surface area contributed by atoms with Crippen molar-refractivity contribution in [3.8, 4) is 11.6 Å². The lowest BCUT2D eigenvalue weighted by atomic mass is 10.1. The molecule has 2 aromatic rings. The molecule has 0 aliphatic heterocycles. The maximum Gasteiger partial charge on any atom is 0.241 e. The Morgan fingerprint density at radius 1 is 1.38 bits per heavy atom. The number of nitrogens with one attached hydrogen (secondary N) is 1. The van der Waals surface area contributed by atoms with Gasteiger partial charge in [0, 0.05) is 6.20 Å². The van der Waals surface area contributed by atoms with Gasteiger partial charge in [0.25, 0.3) is 0 Å². The van der Waals surface area contributed by atoms with Gasteiger partial charge in [-0.2, -0.15) is 0 Å². The van der Waals surface area contributed by atoms with Crippen LogP contribution in [-0.2, 0) is 11.2 Å². The molecular weight excluding hydrogens is 270 g/mol. The number of anilines is 1. The van der Waals surface area contributed by atoms with Crippen molar-refractivity contribution in [2.75, 3.05) is 12.4 Å². The molecule has 2 rings (SSSR count). The fourth-order valence-corrected chi connectivity index (χ4v) is 1.85. The third-order valence-corrected chi connectivity index (χ3v) is 2.95. The summed E-state index contributed by atoms with van der Waals surface area (Å²) in [5.74, 6) is 0.189. The summed E-state index contributed by atoms with van der Waals surface area (Å²) in [6.07, 6.45) is 1.94. The van der Waals surface area contributed by atoms with Crippen molar-refractivity contribution in [2.24, 2.45) is 5.73 Å².